The van der Waals surface area contributed by atoms with Crippen LogP contribution in [0.25, 0.3) is 22.2 Å². The van der Waals surface area contributed by atoms with Gasteiger partial charge in [-0.3, -0.25) is 4.72 Å². The normalized spacial score (nSPS) is 11.8. The molecule has 0 spiro atoms. The zero-order valence-electron chi connectivity index (χ0n) is 14.6. The van der Waals surface area contributed by atoms with Crippen molar-refractivity contribution in [3.63, 3.8) is 0 Å². The maximum atomic E-state index is 11.5. The van der Waals surface area contributed by atoms with Gasteiger partial charge in [0.2, 0.25) is 10.0 Å². The van der Waals surface area contributed by atoms with Gasteiger partial charge in [-0.05, 0) is 38.1 Å². The highest BCUT2D eigenvalue weighted by Gasteiger charge is 2.16. The van der Waals surface area contributed by atoms with E-state index in [4.69, 9.17) is 0 Å². The van der Waals surface area contributed by atoms with E-state index in [-0.39, 0.29) is 6.04 Å². The summed E-state index contributed by atoms with van der Waals surface area (Å²) in [6, 6.07) is 11.6. The third-order valence-corrected chi connectivity index (χ3v) is 4.81. The Hall–Kier alpha value is -2.72. The molecular weight excluding hydrogens is 336 g/mol. The number of hydrogen-bond acceptors (Lipinski definition) is 3. The van der Waals surface area contributed by atoms with Gasteiger partial charge in [-0.1, -0.05) is 6.07 Å². The molecule has 0 saturated heterocycles. The zero-order valence-corrected chi connectivity index (χ0v) is 15.4. The maximum Gasteiger partial charge on any atom is 0.229 e. The third-order valence-electron chi connectivity index (χ3n) is 4.21. The van der Waals surface area contributed by atoms with Gasteiger partial charge in [0.25, 0.3) is 0 Å². The smallest absolute Gasteiger partial charge is 0.229 e. The van der Waals surface area contributed by atoms with Crippen LogP contribution in [0.3, 0.4) is 0 Å². The van der Waals surface area contributed by atoms with Crippen molar-refractivity contribution in [3.05, 3.63) is 42.2 Å². The number of nitrogens with zero attached hydrogens (tertiary/aromatic N) is 3. The molecule has 7 heteroatoms. The van der Waals surface area contributed by atoms with Gasteiger partial charge in [0.05, 0.1) is 23.2 Å². The van der Waals surface area contributed by atoms with Crippen molar-refractivity contribution < 1.29 is 8.42 Å². The van der Waals surface area contributed by atoms with E-state index in [2.05, 4.69) is 35.4 Å². The minimum absolute atomic E-state index is 0.209. The first-order chi connectivity index (χ1) is 11.7. The molecule has 6 nitrogen and oxygen atoms in total. The third kappa shape index (κ3) is 3.13. The van der Waals surface area contributed by atoms with Crippen LogP contribution in [0.15, 0.2) is 36.5 Å². The first-order valence-corrected chi connectivity index (χ1v) is 9.79. The minimum atomic E-state index is -3.33. The monoisotopic (exact) mass is 356 g/mol. The summed E-state index contributed by atoms with van der Waals surface area (Å²) < 4.78 is 29.5. The van der Waals surface area contributed by atoms with E-state index < -0.39 is 10.0 Å². The van der Waals surface area contributed by atoms with E-state index in [1.54, 1.807) is 12.1 Å². The summed E-state index contributed by atoms with van der Waals surface area (Å²) in [4.78, 5) is 0. The summed E-state index contributed by atoms with van der Waals surface area (Å²) in [7, 11) is -1.46. The molecule has 3 aromatic rings. The van der Waals surface area contributed by atoms with Crippen LogP contribution >= 0.6 is 0 Å². The second kappa shape index (κ2) is 5.97. The summed E-state index contributed by atoms with van der Waals surface area (Å²) in [6.07, 6.45) is 3.19. The fourth-order valence-corrected chi connectivity index (χ4v) is 3.61. The summed E-state index contributed by atoms with van der Waals surface area (Å²) >= 11 is 0. The van der Waals surface area contributed by atoms with Crippen molar-refractivity contribution in [2.45, 2.75) is 19.9 Å². The Morgan fingerprint density at radius 2 is 1.92 bits per heavy atom. The van der Waals surface area contributed by atoms with Crippen LogP contribution in [0.4, 0.5) is 5.69 Å². The second-order valence-electron chi connectivity index (χ2n) is 6.42. The molecule has 0 aliphatic heterocycles. The predicted molar refractivity (Wildman–Crippen MR) is 99.9 cm³/mol. The fourth-order valence-electron chi connectivity index (χ4n) is 3.05. The Morgan fingerprint density at radius 1 is 1.20 bits per heavy atom. The topological polar surface area (TPSA) is 79.8 Å². The molecule has 25 heavy (non-hydrogen) atoms. The van der Waals surface area contributed by atoms with Gasteiger partial charge in [0, 0.05) is 30.2 Å². The molecular formula is C18H20N4O2S. The highest BCUT2D eigenvalue weighted by molar-refractivity contribution is 7.92. The molecule has 3 rings (SSSR count). The molecule has 0 radical (unpaired) electrons. The molecule has 0 unspecified atom stereocenters. The lowest BCUT2D eigenvalue weighted by molar-refractivity contribution is 0.607. The second-order valence-corrected chi connectivity index (χ2v) is 8.17. The Balaban J connectivity index is 2.24. The fraction of sp³-hybridized carbons (Fsp3) is 0.278. The Labute approximate surface area is 147 Å². The number of hydrogen-bond donors (Lipinski definition) is 1. The van der Waals surface area contributed by atoms with Gasteiger partial charge in [-0.15, -0.1) is 0 Å². The van der Waals surface area contributed by atoms with Crippen LogP contribution in [0, 0.1) is 11.3 Å². The van der Waals surface area contributed by atoms with E-state index in [0.717, 1.165) is 28.4 Å². The summed E-state index contributed by atoms with van der Waals surface area (Å²) in [5.74, 6) is 0. The quantitative estimate of drug-likeness (QED) is 0.777. The van der Waals surface area contributed by atoms with Crippen molar-refractivity contribution >= 4 is 26.6 Å². The summed E-state index contributed by atoms with van der Waals surface area (Å²) in [5, 5.41) is 10.2. The van der Waals surface area contributed by atoms with Gasteiger partial charge in [-0.25, -0.2) is 8.42 Å². The van der Waals surface area contributed by atoms with E-state index in [1.807, 2.05) is 29.8 Å². The van der Waals surface area contributed by atoms with Gasteiger partial charge >= 0.3 is 0 Å². The Morgan fingerprint density at radius 3 is 2.48 bits per heavy atom. The molecule has 130 valence electrons. The van der Waals surface area contributed by atoms with Crippen LogP contribution in [0.1, 0.15) is 25.6 Å². The lowest BCUT2D eigenvalue weighted by atomic mass is 10.1. The molecule has 0 atom stereocenters. The number of nitriles is 1. The summed E-state index contributed by atoms with van der Waals surface area (Å²) in [6.45, 7) is 4.15. The van der Waals surface area contributed by atoms with E-state index >= 15 is 0 Å². The average Bonchev–Trinajstić information content (AvgIpc) is 3.05. The largest absolute Gasteiger partial charge is 0.344 e. The first-order valence-electron chi connectivity index (χ1n) is 7.90. The van der Waals surface area contributed by atoms with Gasteiger partial charge in [0.1, 0.15) is 11.8 Å². The van der Waals surface area contributed by atoms with E-state index in [0.29, 0.717) is 11.4 Å². The standard InChI is InChI=1S/C18H20N4O2S/c1-12(2)22-11-16(17-8-6-14(10-19)21(17)3)15-7-5-13(9-18(15)22)20-25(4,23)24/h5-9,11-12,20H,1-4H3. The molecule has 0 aliphatic carbocycles. The highest BCUT2D eigenvalue weighted by Crippen LogP contribution is 2.34. The highest BCUT2D eigenvalue weighted by atomic mass is 32.2. The predicted octanol–water partition coefficient (Wildman–Crippen LogP) is 3.47. The lowest BCUT2D eigenvalue weighted by Crippen LogP contribution is -2.09. The minimum Gasteiger partial charge on any atom is -0.344 e. The molecule has 0 fully saturated rings. The zero-order chi connectivity index (χ0) is 18.4. The van der Waals surface area contributed by atoms with Crippen molar-refractivity contribution in [2.24, 2.45) is 7.05 Å². The molecule has 0 aliphatic rings. The van der Waals surface area contributed by atoms with Crippen molar-refractivity contribution in [3.8, 4) is 17.3 Å². The Bertz CT molecular complexity index is 1100. The van der Waals surface area contributed by atoms with Crippen molar-refractivity contribution in [1.82, 2.24) is 9.13 Å². The number of nitrogens with one attached hydrogen (secondary N) is 1. The van der Waals surface area contributed by atoms with E-state index in [1.165, 1.54) is 0 Å². The number of fused-ring (bicyclic) bond motifs is 1. The van der Waals surface area contributed by atoms with Crippen molar-refractivity contribution in [2.75, 3.05) is 11.0 Å². The SMILES string of the molecule is CC(C)n1cc(-c2ccc(C#N)n2C)c2ccc(NS(C)(=O)=O)cc21. The number of benzene rings is 1. The number of rotatable bonds is 4. The van der Waals surface area contributed by atoms with Crippen LogP contribution < -0.4 is 4.72 Å². The molecule has 0 bridgehead atoms. The molecule has 2 heterocycles. The summed E-state index contributed by atoms with van der Waals surface area (Å²) in [5.41, 5.74) is 4.03. The van der Waals surface area contributed by atoms with Gasteiger partial charge in [0.15, 0.2) is 0 Å². The average molecular weight is 356 g/mol. The molecule has 0 saturated carbocycles. The van der Waals surface area contributed by atoms with Gasteiger partial charge in [-0.2, -0.15) is 5.26 Å². The molecule has 0 amide bonds. The van der Waals surface area contributed by atoms with E-state index in [9.17, 15) is 13.7 Å². The van der Waals surface area contributed by atoms with Gasteiger partial charge < -0.3 is 9.13 Å². The molecule has 2 aromatic heterocycles. The number of anilines is 1. The molecule has 1 aromatic carbocycles. The Kier molecular flexibility index (Phi) is 4.09. The van der Waals surface area contributed by atoms with Crippen LogP contribution in [-0.4, -0.2) is 23.8 Å². The molecule has 1 N–H and O–H groups in total. The number of aromatic nitrogens is 2. The maximum absolute atomic E-state index is 11.5. The first kappa shape index (κ1) is 17.1. The van der Waals surface area contributed by atoms with Crippen molar-refractivity contribution in [1.29, 1.82) is 5.26 Å². The van der Waals surface area contributed by atoms with Crippen LogP contribution in [0.2, 0.25) is 0 Å². The number of sulfonamides is 1. The van der Waals surface area contributed by atoms with Crippen LogP contribution in [0.5, 0.6) is 0 Å². The van der Waals surface area contributed by atoms with Crippen LogP contribution in [-0.2, 0) is 17.1 Å². The lowest BCUT2D eigenvalue weighted by Gasteiger charge is -2.10.